The van der Waals surface area contributed by atoms with Crippen molar-refractivity contribution < 1.29 is 9.53 Å². The summed E-state index contributed by atoms with van der Waals surface area (Å²) in [5.41, 5.74) is 3.61. The minimum Gasteiger partial charge on any atom is -0.427 e. The van der Waals surface area contributed by atoms with Gasteiger partial charge in [0.05, 0.1) is 4.88 Å². The summed E-state index contributed by atoms with van der Waals surface area (Å²) in [4.78, 5) is 17.4. The number of hydrogen-bond acceptors (Lipinski definition) is 4. The fraction of sp³-hybridized carbons (Fsp3) is 0.333. The van der Waals surface area contributed by atoms with Crippen LogP contribution in [-0.2, 0) is 11.2 Å². The second kappa shape index (κ2) is 10.2. The third-order valence-electron chi connectivity index (χ3n) is 4.63. The normalized spacial score (nSPS) is 10.8. The van der Waals surface area contributed by atoms with E-state index in [4.69, 9.17) is 4.74 Å². The summed E-state index contributed by atoms with van der Waals surface area (Å²) in [7, 11) is 0. The van der Waals surface area contributed by atoms with Gasteiger partial charge in [0, 0.05) is 18.2 Å². The molecule has 0 aliphatic heterocycles. The van der Waals surface area contributed by atoms with Crippen LogP contribution in [0.3, 0.4) is 0 Å². The molecule has 3 rings (SSSR count). The molecule has 4 heteroatoms. The second-order valence-corrected chi connectivity index (χ2v) is 7.96. The fourth-order valence-electron chi connectivity index (χ4n) is 2.93. The van der Waals surface area contributed by atoms with Crippen LogP contribution in [0.15, 0.2) is 54.7 Å². The number of carbonyl (C=O) groups is 1. The number of benzene rings is 2. The van der Waals surface area contributed by atoms with Crippen molar-refractivity contribution in [3.63, 3.8) is 0 Å². The molecule has 2 aromatic carbocycles. The summed E-state index contributed by atoms with van der Waals surface area (Å²) in [5, 5.41) is 1.02. The Morgan fingerprint density at radius 1 is 0.929 bits per heavy atom. The van der Waals surface area contributed by atoms with Gasteiger partial charge >= 0.3 is 5.97 Å². The van der Waals surface area contributed by atoms with Crippen molar-refractivity contribution in [3.05, 3.63) is 60.3 Å². The monoisotopic (exact) mass is 393 g/mol. The van der Waals surface area contributed by atoms with E-state index in [-0.39, 0.29) is 5.97 Å². The number of unbranched alkanes of at least 4 members (excludes halogenated alkanes) is 2. The number of rotatable bonds is 9. The molecule has 3 nitrogen and oxygen atoms in total. The number of aromatic nitrogens is 1. The topological polar surface area (TPSA) is 39.2 Å². The van der Waals surface area contributed by atoms with E-state index in [1.807, 2.05) is 30.5 Å². The minimum absolute atomic E-state index is 0.169. The average Bonchev–Trinajstić information content (AvgIpc) is 3.22. The summed E-state index contributed by atoms with van der Waals surface area (Å²) in [6, 6.07) is 16.4. The van der Waals surface area contributed by atoms with E-state index < -0.39 is 0 Å². The highest BCUT2D eigenvalue weighted by Gasteiger charge is 2.08. The summed E-state index contributed by atoms with van der Waals surface area (Å²) < 4.78 is 5.37. The molecule has 0 amide bonds. The molecule has 0 atom stereocenters. The van der Waals surface area contributed by atoms with Crippen LogP contribution in [0.2, 0.25) is 0 Å². The van der Waals surface area contributed by atoms with Gasteiger partial charge in [-0.1, -0.05) is 51.0 Å². The molecule has 146 valence electrons. The fourth-order valence-corrected chi connectivity index (χ4v) is 3.85. The molecule has 0 spiro atoms. The van der Waals surface area contributed by atoms with Gasteiger partial charge in [-0.05, 0) is 54.7 Å². The van der Waals surface area contributed by atoms with Gasteiger partial charge in [-0.15, -0.1) is 11.3 Å². The van der Waals surface area contributed by atoms with E-state index in [9.17, 15) is 4.79 Å². The molecule has 0 aliphatic rings. The van der Waals surface area contributed by atoms with Crippen LogP contribution < -0.4 is 4.74 Å². The molecule has 0 N–H and O–H groups in total. The third kappa shape index (κ3) is 5.52. The summed E-state index contributed by atoms with van der Waals surface area (Å²) >= 11 is 1.67. The second-order valence-electron chi connectivity index (χ2n) is 6.93. The lowest BCUT2D eigenvalue weighted by atomic mass is 10.1. The van der Waals surface area contributed by atoms with Crippen LogP contribution in [0, 0.1) is 0 Å². The highest BCUT2D eigenvalue weighted by atomic mass is 32.1. The SMILES string of the molecule is CCCCC(=O)Oc1ccc(-c2cnc(-c3ccc(CCCC)cc3)s2)cc1. The van der Waals surface area contributed by atoms with Crippen molar-refractivity contribution >= 4 is 17.3 Å². The molecule has 1 aromatic heterocycles. The predicted molar refractivity (Wildman–Crippen MR) is 117 cm³/mol. The summed E-state index contributed by atoms with van der Waals surface area (Å²) in [5.74, 6) is 0.425. The van der Waals surface area contributed by atoms with Crippen molar-refractivity contribution in [2.24, 2.45) is 0 Å². The quantitative estimate of drug-likeness (QED) is 0.293. The zero-order valence-electron chi connectivity index (χ0n) is 16.6. The number of esters is 1. The summed E-state index contributed by atoms with van der Waals surface area (Å²) in [6.45, 7) is 4.28. The van der Waals surface area contributed by atoms with E-state index in [1.54, 1.807) is 11.3 Å². The van der Waals surface area contributed by atoms with Crippen molar-refractivity contribution in [2.45, 2.75) is 52.4 Å². The Bertz CT molecular complexity index is 882. The number of ether oxygens (including phenoxy) is 1. The van der Waals surface area contributed by atoms with Crippen LogP contribution >= 0.6 is 11.3 Å². The predicted octanol–water partition coefficient (Wildman–Crippen LogP) is 6.92. The van der Waals surface area contributed by atoms with Gasteiger partial charge < -0.3 is 4.74 Å². The lowest BCUT2D eigenvalue weighted by Crippen LogP contribution is -2.07. The van der Waals surface area contributed by atoms with Gasteiger partial charge in [-0.3, -0.25) is 4.79 Å². The zero-order valence-corrected chi connectivity index (χ0v) is 17.4. The van der Waals surface area contributed by atoms with Crippen LogP contribution in [0.1, 0.15) is 51.5 Å². The molecular formula is C24H27NO2S. The molecule has 0 radical (unpaired) electrons. The largest absolute Gasteiger partial charge is 0.427 e. The average molecular weight is 394 g/mol. The highest BCUT2D eigenvalue weighted by molar-refractivity contribution is 7.18. The van der Waals surface area contributed by atoms with Gasteiger partial charge in [0.1, 0.15) is 10.8 Å². The Kier molecular flexibility index (Phi) is 7.38. The van der Waals surface area contributed by atoms with Crippen LogP contribution in [0.5, 0.6) is 5.75 Å². The Labute approximate surface area is 171 Å². The highest BCUT2D eigenvalue weighted by Crippen LogP contribution is 2.33. The minimum atomic E-state index is -0.169. The molecular weight excluding hydrogens is 366 g/mol. The van der Waals surface area contributed by atoms with E-state index in [2.05, 4.69) is 43.1 Å². The molecule has 28 heavy (non-hydrogen) atoms. The van der Waals surface area contributed by atoms with Crippen molar-refractivity contribution in [3.8, 4) is 26.8 Å². The molecule has 3 aromatic rings. The molecule has 1 heterocycles. The Morgan fingerprint density at radius 2 is 1.61 bits per heavy atom. The maximum absolute atomic E-state index is 11.7. The van der Waals surface area contributed by atoms with Crippen LogP contribution in [-0.4, -0.2) is 11.0 Å². The third-order valence-corrected chi connectivity index (χ3v) is 5.73. The van der Waals surface area contributed by atoms with Gasteiger partial charge in [0.2, 0.25) is 0 Å². The van der Waals surface area contributed by atoms with Crippen LogP contribution in [0.4, 0.5) is 0 Å². The standard InChI is InChI=1S/C24H27NO2S/c1-3-5-7-18-9-11-20(12-10-18)24-25-17-22(28-24)19-13-15-21(16-14-19)27-23(26)8-6-4-2/h9-17H,3-8H2,1-2H3. The Balaban J connectivity index is 1.65. The van der Waals surface area contributed by atoms with Gasteiger partial charge in [-0.2, -0.15) is 0 Å². The van der Waals surface area contributed by atoms with Crippen molar-refractivity contribution in [1.82, 2.24) is 4.98 Å². The molecule has 0 saturated heterocycles. The van der Waals surface area contributed by atoms with Crippen molar-refractivity contribution in [2.75, 3.05) is 0 Å². The first-order valence-corrected chi connectivity index (χ1v) is 10.9. The Hall–Kier alpha value is -2.46. The molecule has 0 aliphatic carbocycles. The number of nitrogens with zero attached hydrogens (tertiary/aromatic N) is 1. The zero-order chi connectivity index (χ0) is 19.8. The van der Waals surface area contributed by atoms with Crippen LogP contribution in [0.25, 0.3) is 21.0 Å². The first-order chi connectivity index (χ1) is 13.7. The lowest BCUT2D eigenvalue weighted by Gasteiger charge is -2.04. The number of hydrogen-bond donors (Lipinski definition) is 0. The van der Waals surface area contributed by atoms with E-state index in [1.165, 1.54) is 18.4 Å². The maximum Gasteiger partial charge on any atom is 0.311 e. The number of thiazole rings is 1. The number of aryl methyl sites for hydroxylation is 1. The first-order valence-electron chi connectivity index (χ1n) is 10.1. The molecule has 0 bridgehead atoms. The summed E-state index contributed by atoms with van der Waals surface area (Å²) in [6.07, 6.45) is 7.80. The Morgan fingerprint density at radius 3 is 2.29 bits per heavy atom. The van der Waals surface area contributed by atoms with E-state index in [0.29, 0.717) is 12.2 Å². The molecule has 0 saturated carbocycles. The van der Waals surface area contributed by atoms with Gasteiger partial charge in [-0.25, -0.2) is 4.98 Å². The molecule has 0 unspecified atom stereocenters. The lowest BCUT2D eigenvalue weighted by molar-refractivity contribution is -0.134. The smallest absolute Gasteiger partial charge is 0.311 e. The molecule has 0 fully saturated rings. The number of carbonyl (C=O) groups excluding carboxylic acids is 1. The van der Waals surface area contributed by atoms with Gasteiger partial charge in [0.15, 0.2) is 0 Å². The van der Waals surface area contributed by atoms with E-state index in [0.717, 1.165) is 40.3 Å². The first kappa shape index (κ1) is 20.3. The van der Waals surface area contributed by atoms with Gasteiger partial charge in [0.25, 0.3) is 0 Å². The van der Waals surface area contributed by atoms with Crippen molar-refractivity contribution in [1.29, 1.82) is 0 Å². The van der Waals surface area contributed by atoms with E-state index >= 15 is 0 Å². The maximum atomic E-state index is 11.7.